The number of carbonyl (C=O) groups is 3. The zero-order chi connectivity index (χ0) is 37.2. The number of non-ortho nitro benzene ring substituents is 1. The van der Waals surface area contributed by atoms with Crippen molar-refractivity contribution in [3.8, 4) is 5.75 Å². The lowest BCUT2D eigenvalue weighted by Crippen LogP contribution is -2.63. The number of alkyl carbamates (subject to hydrolysis) is 1. The molecule has 0 radical (unpaired) electrons. The van der Waals surface area contributed by atoms with E-state index in [4.69, 9.17) is 35.3 Å². The lowest BCUT2D eigenvalue weighted by atomic mass is 9.83. The van der Waals surface area contributed by atoms with Gasteiger partial charge in [-0.15, -0.1) is 0 Å². The molecule has 274 valence electrons. The first-order valence-electron chi connectivity index (χ1n) is 16.2. The number of ether oxygens (including phenoxy) is 5. The van der Waals surface area contributed by atoms with E-state index < -0.39 is 64.7 Å². The fraction of sp³-hybridized carbons (Fsp3) is 0.457. The Labute approximate surface area is 299 Å². The molecule has 5 rings (SSSR count). The van der Waals surface area contributed by atoms with Crippen LogP contribution in [0.3, 0.4) is 0 Å². The zero-order valence-corrected chi connectivity index (χ0v) is 29.8. The van der Waals surface area contributed by atoms with Gasteiger partial charge in [-0.1, -0.05) is 42.3 Å². The van der Waals surface area contributed by atoms with Crippen LogP contribution in [0.25, 0.3) is 0 Å². The van der Waals surface area contributed by atoms with E-state index in [1.165, 1.54) is 43.4 Å². The molecular weight excluding hydrogens is 688 g/mol. The largest absolute Gasteiger partial charge is 0.495 e. The van der Waals surface area contributed by atoms with Gasteiger partial charge in [-0.2, -0.15) is 0 Å². The molecule has 0 aromatic heterocycles. The van der Waals surface area contributed by atoms with E-state index in [0.29, 0.717) is 17.9 Å². The zero-order valence-electron chi connectivity index (χ0n) is 29.0. The first-order chi connectivity index (χ1) is 24.1. The van der Waals surface area contributed by atoms with Crippen molar-refractivity contribution >= 4 is 46.8 Å². The molecule has 2 fully saturated rings. The smallest absolute Gasteiger partial charge is 0.412 e. The monoisotopic (exact) mass is 728 g/mol. The van der Waals surface area contributed by atoms with E-state index >= 15 is 0 Å². The highest BCUT2D eigenvalue weighted by atomic mass is 35.5. The lowest BCUT2D eigenvalue weighted by molar-refractivity contribution is -0.384. The van der Waals surface area contributed by atoms with Gasteiger partial charge in [0, 0.05) is 44.3 Å². The molecule has 3 aliphatic heterocycles. The van der Waals surface area contributed by atoms with Gasteiger partial charge in [0.25, 0.3) is 5.69 Å². The summed E-state index contributed by atoms with van der Waals surface area (Å²) in [5, 5.41) is 28.0. The highest BCUT2D eigenvalue weighted by Crippen LogP contribution is 2.49. The molecule has 16 heteroatoms. The van der Waals surface area contributed by atoms with Gasteiger partial charge < -0.3 is 33.7 Å². The number of nitrogens with zero attached hydrogens (tertiary/aromatic N) is 2. The second-order valence-corrected chi connectivity index (χ2v) is 13.5. The van der Waals surface area contributed by atoms with Crippen molar-refractivity contribution in [1.29, 1.82) is 0 Å². The Kier molecular flexibility index (Phi) is 11.0. The lowest BCUT2D eigenvalue weighted by Gasteiger charge is -2.42. The maximum Gasteiger partial charge on any atom is 0.412 e. The number of fused-ring (bicyclic) bond motifs is 5. The molecule has 2 aromatic rings. The summed E-state index contributed by atoms with van der Waals surface area (Å²) in [5.74, 6) is -0.666. The minimum Gasteiger partial charge on any atom is -0.495 e. The van der Waals surface area contributed by atoms with E-state index in [-0.39, 0.29) is 29.2 Å². The Balaban J connectivity index is 1.52. The van der Waals surface area contributed by atoms with E-state index in [1.807, 2.05) is 13.0 Å². The quantitative estimate of drug-likeness (QED) is 0.206. The molecule has 3 heterocycles. The number of nitro groups is 1. The van der Waals surface area contributed by atoms with Crippen LogP contribution in [0.5, 0.6) is 5.75 Å². The van der Waals surface area contributed by atoms with Crippen molar-refractivity contribution in [2.45, 2.75) is 75.8 Å². The number of carbonyl (C=O) groups excluding carboxylic acids is 3. The normalized spacial score (nSPS) is 31.2. The van der Waals surface area contributed by atoms with Crippen LogP contribution in [-0.2, 0) is 30.2 Å². The van der Waals surface area contributed by atoms with Crippen molar-refractivity contribution in [2.75, 3.05) is 31.5 Å². The highest BCUT2D eigenvalue weighted by molar-refractivity contribution is 6.35. The van der Waals surface area contributed by atoms with Crippen LogP contribution >= 0.6 is 11.6 Å². The topological polar surface area (TPSA) is 191 Å². The standard InChI is InChI=1S/C35H41ClN4O11/c1-19-8-7-9-27(48-6)35(44)18-26(49-33(43)38-35)20(2)31-34(3,51-31)28(50-32(42)37-22-10-12-23(13-11-22)40(45)46)17-29(41)39(4)24-15-21(14-19)16-25(47-5)30(24)36/h7-13,15-16,20,26-28,31,44H,14,17-18H2,1-6H3,(H,37,42)(H,38,43)/b9-7+,19-8+/t20-,26+,27-,28+,31+,34+,35+/m1/s1. The fourth-order valence-corrected chi connectivity index (χ4v) is 6.86. The molecule has 51 heavy (non-hydrogen) atoms. The Morgan fingerprint density at radius 3 is 2.57 bits per heavy atom. The molecule has 15 nitrogen and oxygen atoms in total. The maximum atomic E-state index is 14.0. The van der Waals surface area contributed by atoms with Crippen LogP contribution < -0.4 is 20.3 Å². The molecule has 0 unspecified atom stereocenters. The number of halogens is 1. The van der Waals surface area contributed by atoms with Gasteiger partial charge in [-0.25, -0.2) is 9.59 Å². The third-order valence-electron chi connectivity index (χ3n) is 9.52. The van der Waals surface area contributed by atoms with Gasteiger partial charge in [0.15, 0.2) is 5.72 Å². The SMILES string of the molecule is COc1cc2cc(c1Cl)N(C)C(=O)C[C@H](OC(=O)Nc1ccc([N+](=O)[O-])cc1)[C@]1(C)O[C@H]1[C@H](C)[C@@H]1C[C@@](O)(NC(=O)O1)[C@H](OC)/C=C/C=C(\C)C2. The molecule has 3 aliphatic rings. The van der Waals surface area contributed by atoms with Crippen LogP contribution in [0.1, 0.15) is 39.2 Å². The summed E-state index contributed by atoms with van der Waals surface area (Å²) in [7, 11) is 4.43. The van der Waals surface area contributed by atoms with Crippen LogP contribution in [0.4, 0.5) is 26.7 Å². The number of benzene rings is 2. The average Bonchev–Trinajstić information content (AvgIpc) is 3.77. The number of nitro benzene ring substituents is 1. The molecule has 3 N–H and O–H groups in total. The first kappa shape index (κ1) is 37.6. The second kappa shape index (κ2) is 14.9. The number of nitrogens with one attached hydrogen (secondary N) is 2. The van der Waals surface area contributed by atoms with Gasteiger partial charge in [0.05, 0.1) is 30.2 Å². The van der Waals surface area contributed by atoms with E-state index in [2.05, 4.69) is 10.6 Å². The third kappa shape index (κ3) is 8.12. The van der Waals surface area contributed by atoms with Crippen molar-refractivity contribution in [2.24, 2.45) is 5.92 Å². The summed E-state index contributed by atoms with van der Waals surface area (Å²) < 4.78 is 28.8. The predicted octanol–water partition coefficient (Wildman–Crippen LogP) is 5.28. The Morgan fingerprint density at radius 1 is 1.22 bits per heavy atom. The average molecular weight is 729 g/mol. The van der Waals surface area contributed by atoms with Gasteiger partial charge in [0.2, 0.25) is 5.91 Å². The van der Waals surface area contributed by atoms with Crippen LogP contribution in [0.15, 0.2) is 60.2 Å². The number of rotatable bonds is 5. The number of methoxy groups -OCH3 is 2. The summed E-state index contributed by atoms with van der Waals surface area (Å²) in [6.07, 6.45) is -0.247. The number of hydrogen-bond donors (Lipinski definition) is 3. The maximum absolute atomic E-state index is 14.0. The fourth-order valence-electron chi connectivity index (χ4n) is 6.55. The molecule has 0 aliphatic carbocycles. The van der Waals surface area contributed by atoms with Crippen molar-refractivity contribution < 1.29 is 48.1 Å². The van der Waals surface area contributed by atoms with E-state index in [1.54, 1.807) is 45.2 Å². The number of hydrogen-bond acceptors (Lipinski definition) is 11. The van der Waals surface area contributed by atoms with Crippen LogP contribution in [-0.4, -0.2) is 85.1 Å². The summed E-state index contributed by atoms with van der Waals surface area (Å²) >= 11 is 6.71. The minimum absolute atomic E-state index is 0.0701. The van der Waals surface area contributed by atoms with Crippen molar-refractivity contribution in [3.63, 3.8) is 0 Å². The Hall–Kier alpha value is -4.70. The van der Waals surface area contributed by atoms with Crippen molar-refractivity contribution in [1.82, 2.24) is 5.32 Å². The van der Waals surface area contributed by atoms with E-state index in [9.17, 15) is 29.6 Å². The third-order valence-corrected chi connectivity index (χ3v) is 9.90. The van der Waals surface area contributed by atoms with E-state index in [0.717, 1.165) is 11.1 Å². The molecule has 2 aromatic carbocycles. The van der Waals surface area contributed by atoms with Gasteiger partial charge >= 0.3 is 12.2 Å². The molecule has 3 amide bonds. The first-order valence-corrected chi connectivity index (χ1v) is 16.6. The van der Waals surface area contributed by atoms with Gasteiger partial charge in [-0.05, 0) is 50.1 Å². The number of allylic oxidation sites excluding steroid dienone is 3. The molecule has 0 spiro atoms. The Morgan fingerprint density at radius 2 is 1.92 bits per heavy atom. The summed E-state index contributed by atoms with van der Waals surface area (Å²) in [4.78, 5) is 51.9. The Bertz CT molecular complexity index is 1750. The number of amides is 3. The van der Waals surface area contributed by atoms with Crippen LogP contribution in [0.2, 0.25) is 5.02 Å². The predicted molar refractivity (Wildman–Crippen MR) is 186 cm³/mol. The second-order valence-electron chi connectivity index (χ2n) is 13.1. The number of epoxide rings is 1. The molecule has 0 saturated carbocycles. The molecule has 7 atom stereocenters. The molecular formula is C35H41ClN4O11. The summed E-state index contributed by atoms with van der Waals surface area (Å²) in [6, 6.07) is 8.69. The minimum atomic E-state index is -1.84. The summed E-state index contributed by atoms with van der Waals surface area (Å²) in [5.41, 5.74) is -0.962. The van der Waals surface area contributed by atoms with Gasteiger partial charge in [0.1, 0.15) is 34.7 Å². The molecule has 2 saturated heterocycles. The van der Waals surface area contributed by atoms with Crippen molar-refractivity contribution in [3.05, 3.63) is 80.9 Å². The summed E-state index contributed by atoms with van der Waals surface area (Å²) in [6.45, 7) is 5.35. The highest BCUT2D eigenvalue weighted by Gasteiger charge is 2.64. The molecule has 4 bridgehead atoms. The number of anilines is 2. The number of aliphatic hydroxyl groups is 1. The van der Waals surface area contributed by atoms with Crippen LogP contribution in [0, 0.1) is 16.0 Å². The van der Waals surface area contributed by atoms with Gasteiger partial charge in [-0.3, -0.25) is 25.5 Å².